The van der Waals surface area contributed by atoms with Crippen molar-refractivity contribution >= 4 is 40.0 Å². The zero-order valence-electron chi connectivity index (χ0n) is 17.5. The summed E-state index contributed by atoms with van der Waals surface area (Å²) in [6, 6.07) is 19.4. The minimum atomic E-state index is -0.428. The van der Waals surface area contributed by atoms with Crippen LogP contribution < -0.4 is 10.2 Å². The number of aromatic nitrogens is 1. The van der Waals surface area contributed by atoms with Crippen LogP contribution in [0.3, 0.4) is 0 Å². The van der Waals surface area contributed by atoms with E-state index in [9.17, 15) is 14.4 Å². The normalized spacial score (nSPS) is 12.9. The summed E-state index contributed by atoms with van der Waals surface area (Å²) in [4.78, 5) is 44.6. The molecule has 0 bridgehead atoms. The fourth-order valence-electron chi connectivity index (χ4n) is 3.97. The SMILES string of the molecule is Cc1ccc(C)c(N2C(=O)c3ccc(C(=O)Nc4cccc5ncccc45)cc3C2=O)c1. The van der Waals surface area contributed by atoms with E-state index in [0.29, 0.717) is 22.5 Å². The highest BCUT2D eigenvalue weighted by Crippen LogP contribution is 2.32. The summed E-state index contributed by atoms with van der Waals surface area (Å²) in [5.41, 5.74) is 4.55. The number of imide groups is 1. The molecule has 3 amide bonds. The minimum Gasteiger partial charge on any atom is -0.321 e. The maximum Gasteiger partial charge on any atom is 0.266 e. The third-order valence-electron chi connectivity index (χ3n) is 5.65. The van der Waals surface area contributed by atoms with E-state index in [-0.39, 0.29) is 17.4 Å². The van der Waals surface area contributed by atoms with Crippen LogP contribution in [0.4, 0.5) is 11.4 Å². The molecule has 156 valence electrons. The molecule has 0 aliphatic carbocycles. The van der Waals surface area contributed by atoms with Crippen LogP contribution in [-0.4, -0.2) is 22.7 Å². The Bertz CT molecular complexity index is 1440. The lowest BCUT2D eigenvalue weighted by Crippen LogP contribution is -2.30. The Labute approximate surface area is 184 Å². The molecule has 5 rings (SSSR count). The van der Waals surface area contributed by atoms with E-state index < -0.39 is 5.91 Å². The number of rotatable bonds is 3. The lowest BCUT2D eigenvalue weighted by Gasteiger charge is -2.17. The van der Waals surface area contributed by atoms with Gasteiger partial charge in [-0.1, -0.05) is 18.2 Å². The quantitative estimate of drug-likeness (QED) is 0.477. The van der Waals surface area contributed by atoms with E-state index in [4.69, 9.17) is 0 Å². The molecule has 4 aromatic rings. The number of hydrogen-bond acceptors (Lipinski definition) is 4. The molecule has 0 spiro atoms. The van der Waals surface area contributed by atoms with Crippen molar-refractivity contribution in [3.05, 3.63) is 101 Å². The van der Waals surface area contributed by atoms with Gasteiger partial charge in [-0.15, -0.1) is 0 Å². The Balaban J connectivity index is 1.48. The van der Waals surface area contributed by atoms with E-state index in [1.165, 1.54) is 11.0 Å². The van der Waals surface area contributed by atoms with Crippen LogP contribution in [0.5, 0.6) is 0 Å². The molecule has 6 nitrogen and oxygen atoms in total. The molecule has 32 heavy (non-hydrogen) atoms. The Morgan fingerprint density at radius 2 is 1.69 bits per heavy atom. The number of nitrogens with one attached hydrogen (secondary N) is 1. The van der Waals surface area contributed by atoms with E-state index in [2.05, 4.69) is 10.3 Å². The maximum atomic E-state index is 13.1. The van der Waals surface area contributed by atoms with Gasteiger partial charge in [-0.2, -0.15) is 0 Å². The molecule has 0 fully saturated rings. The van der Waals surface area contributed by atoms with Gasteiger partial charge in [0, 0.05) is 17.1 Å². The standard InChI is InChI=1S/C26H19N3O3/c1-15-8-9-16(2)23(13-15)29-25(31)18-11-10-17(14-20(18)26(29)32)24(30)28-22-7-3-6-21-19(22)5-4-12-27-21/h3-14H,1-2H3,(H,28,30). The number of nitrogens with zero attached hydrogens (tertiary/aromatic N) is 2. The number of aryl methyl sites for hydroxylation is 2. The first-order chi connectivity index (χ1) is 15.4. The second-order valence-corrected chi connectivity index (χ2v) is 7.83. The minimum absolute atomic E-state index is 0.225. The molecule has 0 radical (unpaired) electrons. The molecule has 1 aliphatic heterocycles. The fourth-order valence-corrected chi connectivity index (χ4v) is 3.97. The maximum absolute atomic E-state index is 13.1. The summed E-state index contributed by atoms with van der Waals surface area (Å²) in [6.07, 6.45) is 1.69. The van der Waals surface area contributed by atoms with E-state index >= 15 is 0 Å². The van der Waals surface area contributed by atoms with Crippen molar-refractivity contribution < 1.29 is 14.4 Å². The van der Waals surface area contributed by atoms with Crippen LogP contribution in [0.15, 0.2) is 72.9 Å². The molecule has 0 saturated carbocycles. The van der Waals surface area contributed by atoms with Gasteiger partial charge in [-0.3, -0.25) is 19.4 Å². The summed E-state index contributed by atoms with van der Waals surface area (Å²) >= 11 is 0. The summed E-state index contributed by atoms with van der Waals surface area (Å²) in [7, 11) is 0. The van der Waals surface area contributed by atoms with Crippen LogP contribution >= 0.6 is 0 Å². The second-order valence-electron chi connectivity index (χ2n) is 7.83. The Kier molecular flexibility index (Phi) is 4.56. The molecule has 2 heterocycles. The van der Waals surface area contributed by atoms with Gasteiger partial charge in [-0.25, -0.2) is 4.90 Å². The fraction of sp³-hybridized carbons (Fsp3) is 0.0769. The predicted octanol–water partition coefficient (Wildman–Crippen LogP) is 4.90. The van der Waals surface area contributed by atoms with Gasteiger partial charge in [0.25, 0.3) is 17.7 Å². The zero-order valence-corrected chi connectivity index (χ0v) is 17.5. The Morgan fingerprint density at radius 1 is 0.875 bits per heavy atom. The molecular weight excluding hydrogens is 402 g/mol. The average molecular weight is 421 g/mol. The van der Waals surface area contributed by atoms with Crippen LogP contribution in [0.25, 0.3) is 10.9 Å². The molecule has 3 aromatic carbocycles. The van der Waals surface area contributed by atoms with Gasteiger partial charge in [0.2, 0.25) is 0 Å². The highest BCUT2D eigenvalue weighted by Gasteiger charge is 2.37. The number of carbonyl (C=O) groups excluding carboxylic acids is 3. The molecule has 0 saturated heterocycles. The highest BCUT2D eigenvalue weighted by molar-refractivity contribution is 6.35. The molecule has 0 atom stereocenters. The van der Waals surface area contributed by atoms with Gasteiger partial charge >= 0.3 is 0 Å². The van der Waals surface area contributed by atoms with Crippen LogP contribution in [-0.2, 0) is 0 Å². The predicted molar refractivity (Wildman–Crippen MR) is 123 cm³/mol. The number of carbonyl (C=O) groups is 3. The van der Waals surface area contributed by atoms with E-state index in [1.54, 1.807) is 30.5 Å². The first kappa shape index (κ1) is 19.6. The van der Waals surface area contributed by atoms with E-state index in [0.717, 1.165) is 22.0 Å². The van der Waals surface area contributed by atoms with Gasteiger partial charge in [0.05, 0.1) is 28.0 Å². The van der Waals surface area contributed by atoms with Crippen molar-refractivity contribution in [2.45, 2.75) is 13.8 Å². The molecular formula is C26H19N3O3. The monoisotopic (exact) mass is 421 g/mol. The molecule has 1 N–H and O–H groups in total. The van der Waals surface area contributed by atoms with E-state index in [1.807, 2.05) is 50.2 Å². The summed E-state index contributed by atoms with van der Waals surface area (Å²) in [6.45, 7) is 3.77. The lowest BCUT2D eigenvalue weighted by molar-refractivity contribution is 0.0925. The number of hydrogen-bond donors (Lipinski definition) is 1. The van der Waals surface area contributed by atoms with Crippen molar-refractivity contribution in [2.24, 2.45) is 0 Å². The number of fused-ring (bicyclic) bond motifs is 2. The third-order valence-corrected chi connectivity index (χ3v) is 5.65. The molecule has 1 aliphatic rings. The number of amides is 3. The Morgan fingerprint density at radius 3 is 2.53 bits per heavy atom. The molecule has 6 heteroatoms. The van der Waals surface area contributed by atoms with Crippen molar-refractivity contribution in [3.63, 3.8) is 0 Å². The molecule has 0 unspecified atom stereocenters. The van der Waals surface area contributed by atoms with Crippen LogP contribution in [0.1, 0.15) is 42.2 Å². The van der Waals surface area contributed by atoms with Crippen LogP contribution in [0.2, 0.25) is 0 Å². The van der Waals surface area contributed by atoms with Gasteiger partial charge < -0.3 is 5.32 Å². The van der Waals surface area contributed by atoms with Gasteiger partial charge in [-0.05, 0) is 73.5 Å². The first-order valence-electron chi connectivity index (χ1n) is 10.2. The summed E-state index contributed by atoms with van der Waals surface area (Å²) < 4.78 is 0. The smallest absolute Gasteiger partial charge is 0.266 e. The zero-order chi connectivity index (χ0) is 22.4. The number of anilines is 2. The average Bonchev–Trinajstić information content (AvgIpc) is 3.05. The summed E-state index contributed by atoms with van der Waals surface area (Å²) in [5, 5.41) is 3.71. The van der Waals surface area contributed by atoms with Crippen molar-refractivity contribution in [1.29, 1.82) is 0 Å². The van der Waals surface area contributed by atoms with Crippen molar-refractivity contribution in [2.75, 3.05) is 10.2 Å². The first-order valence-corrected chi connectivity index (χ1v) is 10.2. The lowest BCUT2D eigenvalue weighted by atomic mass is 10.0. The van der Waals surface area contributed by atoms with Crippen LogP contribution in [0, 0.1) is 13.8 Å². The van der Waals surface area contributed by atoms with Gasteiger partial charge in [0.1, 0.15) is 0 Å². The highest BCUT2D eigenvalue weighted by atomic mass is 16.2. The largest absolute Gasteiger partial charge is 0.321 e. The van der Waals surface area contributed by atoms with Crippen molar-refractivity contribution in [1.82, 2.24) is 4.98 Å². The number of benzene rings is 3. The summed E-state index contributed by atoms with van der Waals surface area (Å²) in [5.74, 6) is -1.18. The van der Waals surface area contributed by atoms with Crippen molar-refractivity contribution in [3.8, 4) is 0 Å². The third kappa shape index (κ3) is 3.13. The Hall–Kier alpha value is -4.32. The second kappa shape index (κ2) is 7.42. The molecule has 1 aromatic heterocycles. The number of pyridine rings is 1. The van der Waals surface area contributed by atoms with Gasteiger partial charge in [0.15, 0.2) is 0 Å². The topological polar surface area (TPSA) is 79.4 Å².